The van der Waals surface area contributed by atoms with Crippen LogP contribution in [0.5, 0.6) is 5.75 Å². The third-order valence-electron chi connectivity index (χ3n) is 4.84. The zero-order valence-corrected chi connectivity index (χ0v) is 16.5. The van der Waals surface area contributed by atoms with Gasteiger partial charge in [0.1, 0.15) is 5.75 Å². The van der Waals surface area contributed by atoms with E-state index in [9.17, 15) is 14.4 Å². The highest BCUT2D eigenvalue weighted by Gasteiger charge is 2.48. The van der Waals surface area contributed by atoms with Crippen LogP contribution < -0.4 is 4.74 Å². The van der Waals surface area contributed by atoms with Gasteiger partial charge in [0.15, 0.2) is 0 Å². The van der Waals surface area contributed by atoms with Crippen molar-refractivity contribution in [1.29, 1.82) is 0 Å². The second-order valence-corrected chi connectivity index (χ2v) is 7.66. The molecule has 0 aromatic heterocycles. The fourth-order valence-corrected chi connectivity index (χ4v) is 3.99. The van der Waals surface area contributed by atoms with Crippen LogP contribution in [0.2, 0.25) is 0 Å². The molecule has 1 aliphatic carbocycles. The van der Waals surface area contributed by atoms with Gasteiger partial charge in [-0.3, -0.25) is 19.4 Å². The molecule has 7 nitrogen and oxygen atoms in total. The molecule has 2 fully saturated rings. The summed E-state index contributed by atoms with van der Waals surface area (Å²) in [4.78, 5) is 41.2. The maximum absolute atomic E-state index is 12.6. The number of halogens is 1. The molecule has 140 valence electrons. The summed E-state index contributed by atoms with van der Waals surface area (Å²) in [7, 11) is 3.39. The average Bonchev–Trinajstić information content (AvgIpc) is 3.19. The molecule has 1 heterocycles. The van der Waals surface area contributed by atoms with E-state index in [1.54, 1.807) is 14.2 Å². The molecule has 1 aromatic carbocycles. The first-order chi connectivity index (χ1) is 12.4. The lowest BCUT2D eigenvalue weighted by Crippen LogP contribution is -2.42. The normalized spacial score (nSPS) is 18.5. The zero-order chi connectivity index (χ0) is 18.8. The monoisotopic (exact) mass is 423 g/mol. The molecule has 8 heteroatoms. The van der Waals surface area contributed by atoms with Crippen molar-refractivity contribution in [3.05, 3.63) is 28.2 Å². The average molecular weight is 424 g/mol. The predicted molar refractivity (Wildman–Crippen MR) is 98.4 cm³/mol. The summed E-state index contributed by atoms with van der Waals surface area (Å²) in [6.45, 7) is 0.527. The Bertz CT molecular complexity index is 733. The molecule has 1 saturated carbocycles. The number of hydrogen-bond donors (Lipinski definition) is 0. The van der Waals surface area contributed by atoms with Crippen molar-refractivity contribution in [3.8, 4) is 5.75 Å². The number of nitrogens with zero attached hydrogens (tertiary/aromatic N) is 3. The van der Waals surface area contributed by atoms with E-state index in [-0.39, 0.29) is 12.7 Å². The van der Waals surface area contributed by atoms with Gasteiger partial charge in [0.05, 0.1) is 13.8 Å². The highest BCUT2D eigenvalue weighted by molar-refractivity contribution is 9.10. The minimum atomic E-state index is -0.741. The van der Waals surface area contributed by atoms with Crippen molar-refractivity contribution in [3.63, 3.8) is 0 Å². The maximum Gasteiger partial charge on any atom is 0.335 e. The SMILES string of the molecule is COc1ccc(Br)cc1CN(C)CN1C(=O)C(=O)N(C2CCCC2)C1=O. The summed E-state index contributed by atoms with van der Waals surface area (Å²) in [5.74, 6) is -0.715. The molecule has 0 radical (unpaired) electrons. The Kier molecular flexibility index (Phi) is 5.62. The number of urea groups is 1. The van der Waals surface area contributed by atoms with Gasteiger partial charge in [0.2, 0.25) is 0 Å². The summed E-state index contributed by atoms with van der Waals surface area (Å²) in [6, 6.07) is 5.02. The smallest absolute Gasteiger partial charge is 0.335 e. The third kappa shape index (κ3) is 3.61. The Balaban J connectivity index is 1.70. The van der Waals surface area contributed by atoms with Crippen molar-refractivity contribution >= 4 is 33.8 Å². The molecule has 0 spiro atoms. The van der Waals surface area contributed by atoms with Crippen LogP contribution in [0, 0.1) is 0 Å². The molecule has 2 aliphatic rings. The molecule has 26 heavy (non-hydrogen) atoms. The number of amides is 4. The first-order valence-corrected chi connectivity index (χ1v) is 9.41. The Hall–Kier alpha value is -1.93. The maximum atomic E-state index is 12.6. The second kappa shape index (κ2) is 7.75. The van der Waals surface area contributed by atoms with E-state index < -0.39 is 17.8 Å². The van der Waals surface area contributed by atoms with Gasteiger partial charge in [-0.05, 0) is 38.1 Å². The molecular formula is C18H22BrN3O4. The van der Waals surface area contributed by atoms with E-state index in [1.165, 1.54) is 0 Å². The Morgan fingerprint density at radius 2 is 1.88 bits per heavy atom. The molecule has 1 saturated heterocycles. The highest BCUT2D eigenvalue weighted by atomic mass is 79.9. The van der Waals surface area contributed by atoms with Crippen molar-refractivity contribution in [2.75, 3.05) is 20.8 Å². The van der Waals surface area contributed by atoms with Crippen LogP contribution in [0.3, 0.4) is 0 Å². The second-order valence-electron chi connectivity index (χ2n) is 6.74. The molecular weight excluding hydrogens is 402 g/mol. The van der Waals surface area contributed by atoms with Crippen molar-refractivity contribution in [2.45, 2.75) is 38.3 Å². The molecule has 4 amide bonds. The Morgan fingerprint density at radius 3 is 2.54 bits per heavy atom. The Labute approximate surface area is 161 Å². The van der Waals surface area contributed by atoms with Crippen LogP contribution in [0.1, 0.15) is 31.2 Å². The van der Waals surface area contributed by atoms with Crippen molar-refractivity contribution < 1.29 is 19.1 Å². The summed E-state index contributed by atoms with van der Waals surface area (Å²) < 4.78 is 6.27. The first-order valence-electron chi connectivity index (χ1n) is 8.62. The largest absolute Gasteiger partial charge is 0.496 e. The number of benzene rings is 1. The molecule has 1 aliphatic heterocycles. The van der Waals surface area contributed by atoms with E-state index in [4.69, 9.17) is 4.74 Å². The topological polar surface area (TPSA) is 70.2 Å². The number of methoxy groups -OCH3 is 1. The predicted octanol–water partition coefficient (Wildman–Crippen LogP) is 2.58. The van der Waals surface area contributed by atoms with E-state index in [0.29, 0.717) is 6.54 Å². The standard InChI is InChI=1S/C18H22BrN3O4/c1-20(10-12-9-13(19)7-8-15(12)26-2)11-21-16(23)17(24)22(18(21)25)14-5-3-4-6-14/h7-9,14H,3-6,10-11H2,1-2H3. The third-order valence-corrected chi connectivity index (χ3v) is 5.33. The van der Waals surface area contributed by atoms with Gasteiger partial charge < -0.3 is 4.74 Å². The van der Waals surface area contributed by atoms with Gasteiger partial charge >= 0.3 is 17.8 Å². The number of carbonyl (C=O) groups is 3. The van der Waals surface area contributed by atoms with Gasteiger partial charge in [-0.25, -0.2) is 9.69 Å². The molecule has 0 atom stereocenters. The van der Waals surface area contributed by atoms with Gasteiger partial charge in [0.25, 0.3) is 0 Å². The van der Waals surface area contributed by atoms with Crippen LogP contribution in [0.25, 0.3) is 0 Å². The van der Waals surface area contributed by atoms with Crippen LogP contribution >= 0.6 is 15.9 Å². The fourth-order valence-electron chi connectivity index (χ4n) is 3.58. The molecule has 0 bridgehead atoms. The first kappa shape index (κ1) is 18.8. The highest BCUT2D eigenvalue weighted by Crippen LogP contribution is 2.28. The minimum absolute atomic E-state index is 0.0578. The molecule has 0 unspecified atom stereocenters. The lowest BCUT2D eigenvalue weighted by molar-refractivity contribution is -0.144. The number of imide groups is 2. The number of hydrogen-bond acceptors (Lipinski definition) is 5. The van der Waals surface area contributed by atoms with Crippen LogP contribution in [-0.4, -0.2) is 59.4 Å². The van der Waals surface area contributed by atoms with E-state index in [0.717, 1.165) is 51.3 Å². The Morgan fingerprint density at radius 1 is 1.19 bits per heavy atom. The minimum Gasteiger partial charge on any atom is -0.496 e. The van der Waals surface area contributed by atoms with E-state index >= 15 is 0 Å². The van der Waals surface area contributed by atoms with E-state index in [1.807, 2.05) is 23.1 Å². The molecule has 1 aromatic rings. The van der Waals surface area contributed by atoms with Crippen LogP contribution in [0.15, 0.2) is 22.7 Å². The zero-order valence-electron chi connectivity index (χ0n) is 14.9. The molecule has 0 N–H and O–H groups in total. The van der Waals surface area contributed by atoms with Gasteiger partial charge in [-0.1, -0.05) is 28.8 Å². The van der Waals surface area contributed by atoms with Gasteiger partial charge in [-0.2, -0.15) is 0 Å². The number of rotatable bonds is 6. The van der Waals surface area contributed by atoms with Crippen molar-refractivity contribution in [1.82, 2.24) is 14.7 Å². The summed E-state index contributed by atoms with van der Waals surface area (Å²) in [5.41, 5.74) is 0.919. The van der Waals surface area contributed by atoms with E-state index in [2.05, 4.69) is 15.9 Å². The fraction of sp³-hybridized carbons (Fsp3) is 0.500. The lowest BCUT2D eigenvalue weighted by Gasteiger charge is -2.24. The van der Waals surface area contributed by atoms with Crippen molar-refractivity contribution in [2.24, 2.45) is 0 Å². The molecule has 3 rings (SSSR count). The summed E-state index contributed by atoms with van der Waals surface area (Å²) >= 11 is 3.43. The van der Waals surface area contributed by atoms with Crippen LogP contribution in [-0.2, 0) is 16.1 Å². The van der Waals surface area contributed by atoms with Gasteiger partial charge in [0, 0.05) is 22.6 Å². The van der Waals surface area contributed by atoms with Crippen LogP contribution in [0.4, 0.5) is 4.79 Å². The quantitative estimate of drug-likeness (QED) is 0.519. The number of ether oxygens (including phenoxy) is 1. The summed E-state index contributed by atoms with van der Waals surface area (Å²) in [5, 5.41) is 0. The number of carbonyl (C=O) groups excluding carboxylic acids is 3. The summed E-state index contributed by atoms with van der Waals surface area (Å²) in [6.07, 6.45) is 3.53. The van der Waals surface area contributed by atoms with Gasteiger partial charge in [-0.15, -0.1) is 0 Å². The lowest BCUT2D eigenvalue weighted by atomic mass is 10.2.